The molecule has 8 heteroatoms. The summed E-state index contributed by atoms with van der Waals surface area (Å²) >= 11 is 1.36. The number of rotatable bonds is 9. The molecule has 1 aromatic rings. The Kier molecular flexibility index (Phi) is 7.53. The number of carbonyl (C=O) groups excluding carboxylic acids is 1. The van der Waals surface area contributed by atoms with Crippen molar-refractivity contribution >= 4 is 17.7 Å². The predicted molar refractivity (Wildman–Crippen MR) is 79.5 cm³/mol. The Morgan fingerprint density at radius 3 is 2.80 bits per heavy atom. The van der Waals surface area contributed by atoms with Gasteiger partial charge in [-0.15, -0.1) is 5.10 Å². The molecule has 7 nitrogen and oxygen atoms in total. The van der Waals surface area contributed by atoms with Crippen LogP contribution in [0.3, 0.4) is 0 Å². The number of likely N-dealkylation sites (N-methyl/N-ethyl adjacent to an activating group) is 1. The summed E-state index contributed by atoms with van der Waals surface area (Å²) < 4.78 is 1.71. The summed E-state index contributed by atoms with van der Waals surface area (Å²) in [6.45, 7) is 10.7. The van der Waals surface area contributed by atoms with Crippen LogP contribution in [0.15, 0.2) is 5.16 Å². The van der Waals surface area contributed by atoms with E-state index >= 15 is 0 Å². The van der Waals surface area contributed by atoms with E-state index in [0.717, 1.165) is 13.1 Å². The lowest BCUT2D eigenvalue weighted by atomic mass is 10.1. The van der Waals surface area contributed by atoms with Gasteiger partial charge in [0.1, 0.15) is 0 Å². The average molecular weight is 300 g/mol. The summed E-state index contributed by atoms with van der Waals surface area (Å²) in [6.07, 6.45) is 0. The minimum absolute atomic E-state index is 0.0115. The fourth-order valence-corrected chi connectivity index (χ4v) is 2.11. The summed E-state index contributed by atoms with van der Waals surface area (Å²) in [5, 5.41) is 18.4. The van der Waals surface area contributed by atoms with Gasteiger partial charge in [-0.3, -0.25) is 4.79 Å². The van der Waals surface area contributed by atoms with Crippen molar-refractivity contribution in [2.24, 2.45) is 5.92 Å². The van der Waals surface area contributed by atoms with Crippen molar-refractivity contribution in [1.29, 1.82) is 0 Å². The third-order valence-corrected chi connectivity index (χ3v) is 3.93. The highest BCUT2D eigenvalue weighted by Crippen LogP contribution is 2.13. The molecular formula is C12H24N6OS. The third kappa shape index (κ3) is 5.87. The van der Waals surface area contributed by atoms with Gasteiger partial charge in [0, 0.05) is 12.6 Å². The maximum absolute atomic E-state index is 11.8. The van der Waals surface area contributed by atoms with Gasteiger partial charge in [-0.25, -0.2) is 4.68 Å². The molecule has 20 heavy (non-hydrogen) atoms. The first-order valence-electron chi connectivity index (χ1n) is 6.93. The second kappa shape index (κ2) is 8.91. The van der Waals surface area contributed by atoms with Gasteiger partial charge in [0.05, 0.1) is 12.3 Å². The second-order valence-electron chi connectivity index (χ2n) is 4.93. The quantitative estimate of drug-likeness (QED) is 0.511. The van der Waals surface area contributed by atoms with Crippen LogP contribution in [0.5, 0.6) is 0 Å². The summed E-state index contributed by atoms with van der Waals surface area (Å²) in [5.74, 6) is 0.769. The zero-order valence-corrected chi connectivity index (χ0v) is 13.4. The first-order chi connectivity index (χ1) is 9.54. The summed E-state index contributed by atoms with van der Waals surface area (Å²) in [4.78, 5) is 11.8. The van der Waals surface area contributed by atoms with Crippen molar-refractivity contribution in [1.82, 2.24) is 30.8 Å². The highest BCUT2D eigenvalue weighted by atomic mass is 32.2. The van der Waals surface area contributed by atoms with Crippen molar-refractivity contribution < 1.29 is 4.79 Å². The molecule has 0 saturated heterocycles. The minimum atomic E-state index is 0.0115. The van der Waals surface area contributed by atoms with Gasteiger partial charge in [-0.05, 0) is 29.8 Å². The predicted octanol–water partition coefficient (Wildman–Crippen LogP) is 0.535. The van der Waals surface area contributed by atoms with Crippen LogP contribution in [0.1, 0.15) is 27.7 Å². The van der Waals surface area contributed by atoms with Gasteiger partial charge >= 0.3 is 0 Å². The van der Waals surface area contributed by atoms with Crippen molar-refractivity contribution in [3.05, 3.63) is 0 Å². The SMILES string of the molecule is CCNCCn1nnnc1SCC(=O)NC(C)C(C)C. The molecule has 0 saturated carbocycles. The molecule has 0 spiro atoms. The monoisotopic (exact) mass is 300 g/mol. The molecule has 0 bridgehead atoms. The Labute approximate surface area is 124 Å². The van der Waals surface area contributed by atoms with E-state index in [0.29, 0.717) is 23.4 Å². The number of tetrazole rings is 1. The number of hydrogen-bond donors (Lipinski definition) is 2. The van der Waals surface area contributed by atoms with Gasteiger partial charge in [-0.1, -0.05) is 32.5 Å². The zero-order chi connectivity index (χ0) is 15.0. The summed E-state index contributed by atoms with van der Waals surface area (Å²) in [6, 6.07) is 0.174. The molecule has 0 aromatic carbocycles. The maximum Gasteiger partial charge on any atom is 0.230 e. The first kappa shape index (κ1) is 16.9. The van der Waals surface area contributed by atoms with Crippen LogP contribution in [0.2, 0.25) is 0 Å². The Morgan fingerprint density at radius 2 is 2.15 bits per heavy atom. The van der Waals surface area contributed by atoms with Gasteiger partial charge in [0.25, 0.3) is 0 Å². The number of carbonyl (C=O) groups is 1. The Bertz CT molecular complexity index is 408. The molecule has 1 aromatic heterocycles. The molecule has 0 fully saturated rings. The fraction of sp³-hybridized carbons (Fsp3) is 0.833. The Balaban J connectivity index is 2.38. The average Bonchev–Trinajstić information content (AvgIpc) is 2.84. The molecule has 1 rings (SSSR count). The number of hydrogen-bond acceptors (Lipinski definition) is 6. The van der Waals surface area contributed by atoms with Crippen LogP contribution >= 0.6 is 11.8 Å². The number of nitrogens with one attached hydrogen (secondary N) is 2. The Morgan fingerprint density at radius 1 is 1.40 bits per heavy atom. The van der Waals surface area contributed by atoms with Gasteiger partial charge < -0.3 is 10.6 Å². The van der Waals surface area contributed by atoms with Gasteiger partial charge in [0.2, 0.25) is 11.1 Å². The van der Waals surface area contributed by atoms with E-state index in [1.165, 1.54) is 11.8 Å². The molecule has 0 aliphatic carbocycles. The van der Waals surface area contributed by atoms with E-state index < -0.39 is 0 Å². The lowest BCUT2D eigenvalue weighted by Crippen LogP contribution is -2.37. The summed E-state index contributed by atoms with van der Waals surface area (Å²) in [7, 11) is 0. The molecular weight excluding hydrogens is 276 g/mol. The molecule has 114 valence electrons. The molecule has 1 unspecified atom stereocenters. The van der Waals surface area contributed by atoms with Crippen LogP contribution in [0.25, 0.3) is 0 Å². The van der Waals surface area contributed by atoms with E-state index in [4.69, 9.17) is 0 Å². The van der Waals surface area contributed by atoms with Crippen molar-refractivity contribution in [3.63, 3.8) is 0 Å². The molecule has 0 radical (unpaired) electrons. The molecule has 1 heterocycles. The maximum atomic E-state index is 11.8. The molecule has 0 aliphatic rings. The molecule has 1 amide bonds. The van der Waals surface area contributed by atoms with Crippen LogP contribution in [-0.2, 0) is 11.3 Å². The van der Waals surface area contributed by atoms with Crippen LogP contribution in [-0.4, -0.2) is 51.0 Å². The summed E-state index contributed by atoms with van der Waals surface area (Å²) in [5.41, 5.74) is 0. The second-order valence-corrected chi connectivity index (χ2v) is 5.87. The largest absolute Gasteiger partial charge is 0.353 e. The van der Waals surface area contributed by atoms with E-state index in [1.54, 1.807) is 4.68 Å². The van der Waals surface area contributed by atoms with Crippen LogP contribution in [0, 0.1) is 5.92 Å². The number of aromatic nitrogens is 4. The number of nitrogens with zero attached hydrogens (tertiary/aromatic N) is 4. The van der Waals surface area contributed by atoms with Crippen molar-refractivity contribution in [3.8, 4) is 0 Å². The first-order valence-corrected chi connectivity index (χ1v) is 7.92. The van der Waals surface area contributed by atoms with Gasteiger partial charge in [-0.2, -0.15) is 0 Å². The number of amides is 1. The third-order valence-electron chi connectivity index (χ3n) is 2.97. The lowest BCUT2D eigenvalue weighted by molar-refractivity contribution is -0.119. The topological polar surface area (TPSA) is 84.7 Å². The van der Waals surface area contributed by atoms with Crippen molar-refractivity contribution in [2.45, 2.75) is 45.4 Å². The van der Waals surface area contributed by atoms with Crippen molar-refractivity contribution in [2.75, 3.05) is 18.8 Å². The minimum Gasteiger partial charge on any atom is -0.353 e. The molecule has 0 aliphatic heterocycles. The zero-order valence-electron chi connectivity index (χ0n) is 12.6. The Hall–Kier alpha value is -1.15. The van der Waals surface area contributed by atoms with Gasteiger partial charge in [0.15, 0.2) is 0 Å². The van der Waals surface area contributed by atoms with Crippen LogP contribution < -0.4 is 10.6 Å². The van der Waals surface area contributed by atoms with E-state index in [1.807, 2.05) is 6.92 Å². The fourth-order valence-electron chi connectivity index (χ4n) is 1.39. The van der Waals surface area contributed by atoms with E-state index in [9.17, 15) is 4.79 Å². The highest BCUT2D eigenvalue weighted by Gasteiger charge is 2.13. The van der Waals surface area contributed by atoms with E-state index in [-0.39, 0.29) is 11.9 Å². The lowest BCUT2D eigenvalue weighted by Gasteiger charge is -2.17. The number of thioether (sulfide) groups is 1. The standard InChI is InChI=1S/C12H24N6OS/c1-5-13-6-7-18-12(15-16-17-18)20-8-11(19)14-10(4)9(2)3/h9-10,13H,5-8H2,1-4H3,(H,14,19). The molecule has 2 N–H and O–H groups in total. The van der Waals surface area contributed by atoms with Crippen LogP contribution in [0.4, 0.5) is 0 Å². The smallest absolute Gasteiger partial charge is 0.230 e. The molecule has 1 atom stereocenters. The normalized spacial score (nSPS) is 12.7. The van der Waals surface area contributed by atoms with E-state index in [2.05, 4.69) is 46.9 Å². The highest BCUT2D eigenvalue weighted by molar-refractivity contribution is 7.99.